The minimum atomic E-state index is -0.468. The van der Waals surface area contributed by atoms with Crippen molar-refractivity contribution in [3.63, 3.8) is 0 Å². The Bertz CT molecular complexity index is 626. The molecule has 0 aliphatic rings. The number of nitrogens with one attached hydrogen (secondary N) is 2. The predicted octanol–water partition coefficient (Wildman–Crippen LogP) is 3.29. The summed E-state index contributed by atoms with van der Waals surface area (Å²) in [5.41, 5.74) is 0.854. The Morgan fingerprint density at radius 2 is 2.15 bits per heavy atom. The van der Waals surface area contributed by atoms with Crippen molar-refractivity contribution >= 4 is 28.7 Å². The van der Waals surface area contributed by atoms with Crippen LogP contribution in [0.15, 0.2) is 35.7 Å². The van der Waals surface area contributed by atoms with Gasteiger partial charge in [0.25, 0.3) is 5.69 Å². The Labute approximate surface area is 119 Å². The molecule has 2 N–H and O–H groups in total. The standard InChI is InChI=1S/C13H13N3O3S/c1-9-11(5-2-6-12(9)16(18)19)15-13(17)14-8-10-4-3-7-20-10/h2-7H,8H2,1H3,(H2,14,15,17). The summed E-state index contributed by atoms with van der Waals surface area (Å²) in [6, 6.07) is 8.02. The van der Waals surface area contributed by atoms with E-state index >= 15 is 0 Å². The Hall–Kier alpha value is -2.41. The number of rotatable bonds is 4. The maximum absolute atomic E-state index is 11.8. The van der Waals surface area contributed by atoms with Crippen molar-refractivity contribution in [1.29, 1.82) is 0 Å². The highest BCUT2D eigenvalue weighted by atomic mass is 32.1. The highest BCUT2D eigenvalue weighted by molar-refractivity contribution is 7.09. The third-order valence-electron chi connectivity index (χ3n) is 2.75. The Morgan fingerprint density at radius 3 is 2.80 bits per heavy atom. The van der Waals surface area contributed by atoms with Crippen molar-refractivity contribution in [2.45, 2.75) is 13.5 Å². The monoisotopic (exact) mass is 291 g/mol. The Morgan fingerprint density at radius 1 is 1.35 bits per heavy atom. The van der Waals surface area contributed by atoms with Gasteiger partial charge in [0.1, 0.15) is 0 Å². The van der Waals surface area contributed by atoms with Gasteiger partial charge in [-0.1, -0.05) is 12.1 Å². The zero-order valence-corrected chi connectivity index (χ0v) is 11.6. The van der Waals surface area contributed by atoms with E-state index in [1.165, 1.54) is 6.07 Å². The van der Waals surface area contributed by atoms with Crippen LogP contribution < -0.4 is 10.6 Å². The number of nitrogens with zero attached hydrogens (tertiary/aromatic N) is 1. The highest BCUT2D eigenvalue weighted by Crippen LogP contribution is 2.24. The van der Waals surface area contributed by atoms with Gasteiger partial charge in [-0.05, 0) is 24.4 Å². The number of benzene rings is 1. The topological polar surface area (TPSA) is 84.3 Å². The molecule has 1 aromatic carbocycles. The lowest BCUT2D eigenvalue weighted by Gasteiger charge is -2.09. The molecule has 0 spiro atoms. The molecule has 1 aromatic heterocycles. The van der Waals surface area contributed by atoms with Gasteiger partial charge in [0.15, 0.2) is 0 Å². The number of hydrogen-bond donors (Lipinski definition) is 2. The van der Waals surface area contributed by atoms with Gasteiger partial charge < -0.3 is 10.6 Å². The summed E-state index contributed by atoms with van der Waals surface area (Å²) in [5, 5.41) is 18.1. The predicted molar refractivity (Wildman–Crippen MR) is 78.0 cm³/mol. The van der Waals surface area contributed by atoms with E-state index < -0.39 is 4.92 Å². The molecular weight excluding hydrogens is 278 g/mol. The average Bonchev–Trinajstić information content (AvgIpc) is 2.91. The highest BCUT2D eigenvalue weighted by Gasteiger charge is 2.14. The van der Waals surface area contributed by atoms with E-state index in [9.17, 15) is 14.9 Å². The molecule has 0 radical (unpaired) electrons. The molecule has 0 aliphatic carbocycles. The molecule has 0 unspecified atom stereocenters. The maximum Gasteiger partial charge on any atom is 0.319 e. The number of amides is 2. The van der Waals surface area contributed by atoms with Crippen LogP contribution in [0.4, 0.5) is 16.2 Å². The van der Waals surface area contributed by atoms with Crippen molar-refractivity contribution in [2.24, 2.45) is 0 Å². The van der Waals surface area contributed by atoms with Crippen LogP contribution in [0.1, 0.15) is 10.4 Å². The molecule has 1 heterocycles. The largest absolute Gasteiger partial charge is 0.333 e. The lowest BCUT2D eigenvalue weighted by atomic mass is 10.1. The van der Waals surface area contributed by atoms with Crippen molar-refractivity contribution < 1.29 is 9.72 Å². The van der Waals surface area contributed by atoms with Gasteiger partial charge in [-0.25, -0.2) is 4.79 Å². The maximum atomic E-state index is 11.8. The first-order chi connectivity index (χ1) is 9.58. The molecule has 0 aliphatic heterocycles. The lowest BCUT2D eigenvalue weighted by molar-refractivity contribution is -0.385. The zero-order valence-electron chi connectivity index (χ0n) is 10.8. The lowest BCUT2D eigenvalue weighted by Crippen LogP contribution is -2.28. The second-order valence-electron chi connectivity index (χ2n) is 4.09. The van der Waals surface area contributed by atoms with E-state index in [1.807, 2.05) is 17.5 Å². The average molecular weight is 291 g/mol. The zero-order chi connectivity index (χ0) is 14.5. The molecular formula is C13H13N3O3S. The van der Waals surface area contributed by atoms with Crippen LogP contribution in [0, 0.1) is 17.0 Å². The fourth-order valence-electron chi connectivity index (χ4n) is 1.70. The van der Waals surface area contributed by atoms with Gasteiger partial charge in [-0.15, -0.1) is 11.3 Å². The molecule has 0 bridgehead atoms. The number of nitro groups is 1. The van der Waals surface area contributed by atoms with Gasteiger partial charge in [0, 0.05) is 10.9 Å². The first-order valence-corrected chi connectivity index (χ1v) is 6.77. The van der Waals surface area contributed by atoms with Gasteiger partial charge in [0.05, 0.1) is 22.7 Å². The van der Waals surface area contributed by atoms with Crippen LogP contribution in [-0.4, -0.2) is 11.0 Å². The number of carbonyl (C=O) groups is 1. The number of hydrogen-bond acceptors (Lipinski definition) is 4. The summed E-state index contributed by atoms with van der Waals surface area (Å²) in [7, 11) is 0. The quantitative estimate of drug-likeness (QED) is 0.669. The van der Waals surface area contributed by atoms with Crippen molar-refractivity contribution in [1.82, 2.24) is 5.32 Å². The molecule has 6 nitrogen and oxygen atoms in total. The van der Waals surface area contributed by atoms with Crippen LogP contribution in [0.25, 0.3) is 0 Å². The molecule has 2 rings (SSSR count). The summed E-state index contributed by atoms with van der Waals surface area (Å²) in [6.07, 6.45) is 0. The molecule has 0 fully saturated rings. The second-order valence-corrected chi connectivity index (χ2v) is 5.13. The third-order valence-corrected chi connectivity index (χ3v) is 3.63. The summed E-state index contributed by atoms with van der Waals surface area (Å²) in [4.78, 5) is 23.1. The van der Waals surface area contributed by atoms with Crippen LogP contribution >= 0.6 is 11.3 Å². The molecule has 0 saturated carbocycles. The first-order valence-electron chi connectivity index (χ1n) is 5.89. The molecule has 0 atom stereocenters. The molecule has 2 amide bonds. The molecule has 0 saturated heterocycles. The van der Waals surface area contributed by atoms with Crippen molar-refractivity contribution in [2.75, 3.05) is 5.32 Å². The Kier molecular flexibility index (Phi) is 4.31. The van der Waals surface area contributed by atoms with Crippen molar-refractivity contribution in [3.8, 4) is 0 Å². The van der Waals surface area contributed by atoms with E-state index in [0.717, 1.165) is 4.88 Å². The van der Waals surface area contributed by atoms with E-state index in [2.05, 4.69) is 10.6 Å². The van der Waals surface area contributed by atoms with E-state index in [0.29, 0.717) is 17.8 Å². The molecule has 104 valence electrons. The summed E-state index contributed by atoms with van der Waals surface area (Å²) < 4.78 is 0. The van der Waals surface area contributed by atoms with Gasteiger partial charge in [0.2, 0.25) is 0 Å². The summed E-state index contributed by atoms with van der Waals surface area (Å²) in [5.74, 6) is 0. The fraction of sp³-hybridized carbons (Fsp3) is 0.154. The van der Waals surface area contributed by atoms with Crippen LogP contribution in [-0.2, 0) is 6.54 Å². The van der Waals surface area contributed by atoms with Gasteiger partial charge in [-0.2, -0.15) is 0 Å². The smallest absolute Gasteiger partial charge is 0.319 e. The normalized spacial score (nSPS) is 10.1. The molecule has 20 heavy (non-hydrogen) atoms. The van der Waals surface area contributed by atoms with E-state index in [1.54, 1.807) is 30.4 Å². The number of anilines is 1. The van der Waals surface area contributed by atoms with Crippen LogP contribution in [0.2, 0.25) is 0 Å². The van der Waals surface area contributed by atoms with Gasteiger partial charge >= 0.3 is 6.03 Å². The fourth-order valence-corrected chi connectivity index (χ4v) is 2.35. The SMILES string of the molecule is Cc1c(NC(=O)NCc2cccs2)cccc1[N+](=O)[O-]. The number of thiophene rings is 1. The second kappa shape index (κ2) is 6.16. The third kappa shape index (κ3) is 3.33. The minimum Gasteiger partial charge on any atom is -0.333 e. The minimum absolute atomic E-state index is 0.0129. The Balaban J connectivity index is 2.01. The molecule has 2 aromatic rings. The summed E-state index contributed by atoms with van der Waals surface area (Å²) in [6.45, 7) is 2.03. The first kappa shape index (κ1) is 14.0. The summed E-state index contributed by atoms with van der Waals surface area (Å²) >= 11 is 1.55. The van der Waals surface area contributed by atoms with E-state index in [-0.39, 0.29) is 11.7 Å². The van der Waals surface area contributed by atoms with Crippen LogP contribution in [0.3, 0.4) is 0 Å². The van der Waals surface area contributed by atoms with Crippen LogP contribution in [0.5, 0.6) is 0 Å². The van der Waals surface area contributed by atoms with Gasteiger partial charge in [-0.3, -0.25) is 10.1 Å². The number of carbonyl (C=O) groups excluding carboxylic acids is 1. The number of nitro benzene ring substituents is 1. The van der Waals surface area contributed by atoms with Crippen molar-refractivity contribution in [3.05, 3.63) is 56.3 Å². The molecule has 7 heteroatoms. The van der Waals surface area contributed by atoms with E-state index in [4.69, 9.17) is 0 Å². The number of urea groups is 1.